The lowest BCUT2D eigenvalue weighted by Crippen LogP contribution is -2.19. The number of Topliss-reactive ketones (excluding diaryl/α,β-unsaturated/α-hetero) is 1. The van der Waals surface area contributed by atoms with E-state index in [1.807, 2.05) is 6.92 Å². The Kier molecular flexibility index (Phi) is 10.8. The number of nitrogens with one attached hydrogen (secondary N) is 1. The van der Waals surface area contributed by atoms with Crippen molar-refractivity contribution in [2.45, 2.75) is 38.0 Å². The molecule has 0 amide bonds. The quantitative estimate of drug-likeness (QED) is 0.171. The van der Waals surface area contributed by atoms with Crippen LogP contribution in [0.5, 0.6) is 28.7 Å². The number of anilines is 1. The number of sulfonamides is 1. The number of aromatic nitrogens is 2. The number of nitrogens with zero attached hydrogens (tertiary/aromatic N) is 2. The maximum Gasteiger partial charge on any atom is 0.328 e. The van der Waals surface area contributed by atoms with E-state index in [0.717, 1.165) is 6.42 Å². The first-order chi connectivity index (χ1) is 21.5. The van der Waals surface area contributed by atoms with E-state index in [9.17, 15) is 18.0 Å². The van der Waals surface area contributed by atoms with Crippen LogP contribution < -0.4 is 29.4 Å². The second-order valence-electron chi connectivity index (χ2n) is 10.5. The zero-order valence-electron chi connectivity index (χ0n) is 26.3. The van der Waals surface area contributed by atoms with Gasteiger partial charge in [-0.15, -0.1) is 0 Å². The van der Waals surface area contributed by atoms with Gasteiger partial charge in [-0.25, -0.2) is 13.2 Å². The van der Waals surface area contributed by atoms with Crippen LogP contribution in [0.15, 0.2) is 58.2 Å². The van der Waals surface area contributed by atoms with Crippen LogP contribution in [0.2, 0.25) is 0 Å². The van der Waals surface area contributed by atoms with Gasteiger partial charge in [-0.1, -0.05) is 6.92 Å². The molecule has 4 rings (SSSR count). The Labute approximate surface area is 262 Å². The number of imidazole rings is 1. The van der Waals surface area contributed by atoms with Gasteiger partial charge >= 0.3 is 5.69 Å². The van der Waals surface area contributed by atoms with Gasteiger partial charge in [0, 0.05) is 70.5 Å². The predicted molar refractivity (Wildman–Crippen MR) is 171 cm³/mol. The van der Waals surface area contributed by atoms with E-state index in [4.69, 9.17) is 23.7 Å². The van der Waals surface area contributed by atoms with Crippen molar-refractivity contribution in [2.75, 3.05) is 38.8 Å². The van der Waals surface area contributed by atoms with Crippen LogP contribution in [-0.4, -0.2) is 57.4 Å². The van der Waals surface area contributed by atoms with Gasteiger partial charge in [-0.2, -0.15) is 0 Å². The number of hydrogen-bond acceptors (Lipinski definition) is 9. The third-order valence-corrected chi connectivity index (χ3v) is 8.30. The summed E-state index contributed by atoms with van der Waals surface area (Å²) in [6, 6.07) is 12.6. The molecular weight excluding hydrogens is 602 g/mol. The minimum atomic E-state index is -4.19. The molecule has 0 saturated carbocycles. The summed E-state index contributed by atoms with van der Waals surface area (Å²) in [5.74, 6) is 1.75. The normalized spacial score (nSPS) is 11.4. The highest BCUT2D eigenvalue weighted by atomic mass is 32.2. The first-order valence-corrected chi connectivity index (χ1v) is 15.9. The van der Waals surface area contributed by atoms with Crippen molar-refractivity contribution in [1.82, 2.24) is 9.13 Å². The lowest BCUT2D eigenvalue weighted by Gasteiger charge is -2.17. The summed E-state index contributed by atoms with van der Waals surface area (Å²) < 4.78 is 61.4. The summed E-state index contributed by atoms with van der Waals surface area (Å²) >= 11 is 0. The third-order valence-electron chi connectivity index (χ3n) is 6.93. The van der Waals surface area contributed by atoms with E-state index in [1.165, 1.54) is 41.4 Å². The Morgan fingerprint density at radius 3 is 2.11 bits per heavy atom. The van der Waals surface area contributed by atoms with E-state index >= 15 is 0 Å². The average molecular weight is 642 g/mol. The summed E-state index contributed by atoms with van der Waals surface area (Å²) in [6.07, 6.45) is 1.47. The molecule has 0 bridgehead atoms. The molecule has 0 unspecified atom stereocenters. The molecule has 0 radical (unpaired) electrons. The van der Waals surface area contributed by atoms with Crippen LogP contribution in [0.4, 0.5) is 5.69 Å². The van der Waals surface area contributed by atoms with Gasteiger partial charge in [0.05, 0.1) is 41.9 Å². The molecule has 12 nitrogen and oxygen atoms in total. The second kappa shape index (κ2) is 14.5. The number of ether oxygens (including phenoxy) is 5. The topological polar surface area (TPSA) is 136 Å². The van der Waals surface area contributed by atoms with Gasteiger partial charge in [0.25, 0.3) is 10.0 Å². The van der Waals surface area contributed by atoms with Crippen LogP contribution in [0.25, 0.3) is 11.0 Å². The van der Waals surface area contributed by atoms with E-state index < -0.39 is 10.0 Å². The minimum absolute atomic E-state index is 0.00525. The molecular formula is C32H39N3O9S. The Balaban J connectivity index is 1.79. The van der Waals surface area contributed by atoms with Crippen LogP contribution in [0, 0.1) is 0 Å². The van der Waals surface area contributed by atoms with Crippen LogP contribution in [-0.2, 0) is 40.1 Å². The third kappa shape index (κ3) is 7.97. The maximum absolute atomic E-state index is 13.7. The number of rotatable bonds is 16. The summed E-state index contributed by atoms with van der Waals surface area (Å²) in [7, 11) is 2.10. The number of aryl methyl sites for hydroxylation is 2. The summed E-state index contributed by atoms with van der Waals surface area (Å²) in [5, 5.41) is 0. The molecule has 1 heterocycles. The molecule has 0 spiro atoms. The number of methoxy groups -OCH3 is 2. The van der Waals surface area contributed by atoms with Crippen molar-refractivity contribution < 1.29 is 36.9 Å². The highest BCUT2D eigenvalue weighted by Gasteiger charge is 2.22. The molecule has 242 valence electrons. The zero-order valence-corrected chi connectivity index (χ0v) is 27.2. The minimum Gasteiger partial charge on any atom is -0.496 e. The van der Waals surface area contributed by atoms with Crippen LogP contribution in [0.3, 0.4) is 0 Å². The molecule has 0 aliphatic rings. The van der Waals surface area contributed by atoms with Crippen molar-refractivity contribution in [3.63, 3.8) is 0 Å². The molecule has 0 saturated heterocycles. The smallest absolute Gasteiger partial charge is 0.328 e. The molecule has 0 atom stereocenters. The maximum atomic E-state index is 13.7. The standard InChI is InChI=1S/C32H39N3O9S/c1-7-11-42-23-16-24(43-13-8-12-40-5)18-25(17-23)44-31-20-29-28(34(3)32(37)35(29)4)19-27(31)33-45(38,39)26-9-10-30(41-6)22(15-26)14-21(2)36/h9-10,15-20,33H,7-8,11-14H2,1-6H3. The fourth-order valence-electron chi connectivity index (χ4n) is 4.73. The fourth-order valence-corrected chi connectivity index (χ4v) is 5.85. The Hall–Kier alpha value is -4.49. The number of ketones is 1. The van der Waals surface area contributed by atoms with E-state index in [2.05, 4.69) is 4.72 Å². The summed E-state index contributed by atoms with van der Waals surface area (Å²) in [6.45, 7) is 4.83. The Morgan fingerprint density at radius 1 is 0.844 bits per heavy atom. The predicted octanol–water partition coefficient (Wildman–Crippen LogP) is 4.81. The number of benzene rings is 3. The molecule has 45 heavy (non-hydrogen) atoms. The second-order valence-corrected chi connectivity index (χ2v) is 12.2. The Morgan fingerprint density at radius 2 is 1.49 bits per heavy atom. The molecule has 1 aromatic heterocycles. The monoisotopic (exact) mass is 641 g/mol. The highest BCUT2D eigenvalue weighted by Crippen LogP contribution is 2.38. The van der Waals surface area contributed by atoms with Gasteiger partial charge in [0.1, 0.15) is 28.8 Å². The van der Waals surface area contributed by atoms with Gasteiger partial charge in [0.15, 0.2) is 5.75 Å². The summed E-state index contributed by atoms with van der Waals surface area (Å²) in [4.78, 5) is 24.5. The van der Waals surface area contributed by atoms with Gasteiger partial charge in [0.2, 0.25) is 0 Å². The average Bonchev–Trinajstić information content (AvgIpc) is 3.20. The van der Waals surface area contributed by atoms with Crippen molar-refractivity contribution in [3.05, 3.63) is 64.6 Å². The van der Waals surface area contributed by atoms with Crippen LogP contribution >= 0.6 is 0 Å². The number of fused-ring (bicyclic) bond motifs is 1. The highest BCUT2D eigenvalue weighted by molar-refractivity contribution is 7.92. The zero-order chi connectivity index (χ0) is 32.7. The number of carbonyl (C=O) groups excluding carboxylic acids is 1. The molecule has 3 aromatic carbocycles. The Bertz CT molecular complexity index is 1840. The number of carbonyl (C=O) groups is 1. The van der Waals surface area contributed by atoms with E-state index in [-0.39, 0.29) is 34.2 Å². The first-order valence-electron chi connectivity index (χ1n) is 14.4. The van der Waals surface area contributed by atoms with Gasteiger partial charge < -0.3 is 23.7 Å². The van der Waals surface area contributed by atoms with Crippen molar-refractivity contribution in [2.24, 2.45) is 14.1 Å². The van der Waals surface area contributed by atoms with Crippen molar-refractivity contribution in [1.29, 1.82) is 0 Å². The first kappa shape index (κ1) is 33.4. The number of hydrogen-bond donors (Lipinski definition) is 1. The van der Waals surface area contributed by atoms with Gasteiger partial charge in [-0.05, 0) is 37.6 Å². The van der Waals surface area contributed by atoms with Crippen molar-refractivity contribution in [3.8, 4) is 28.7 Å². The molecule has 0 fully saturated rings. The fraction of sp³-hybridized carbons (Fsp3) is 0.375. The summed E-state index contributed by atoms with van der Waals surface area (Å²) in [5.41, 5.74) is 1.26. The lowest BCUT2D eigenvalue weighted by atomic mass is 10.1. The molecule has 1 N–H and O–H groups in total. The largest absolute Gasteiger partial charge is 0.496 e. The molecule has 13 heteroatoms. The van der Waals surface area contributed by atoms with Crippen LogP contribution in [0.1, 0.15) is 32.3 Å². The van der Waals surface area contributed by atoms with E-state index in [1.54, 1.807) is 51.5 Å². The van der Waals surface area contributed by atoms with E-state index in [0.29, 0.717) is 65.8 Å². The molecule has 0 aliphatic carbocycles. The molecule has 4 aromatic rings. The lowest BCUT2D eigenvalue weighted by molar-refractivity contribution is -0.116. The SMILES string of the molecule is CCCOc1cc(OCCCOC)cc(Oc2cc3c(cc2NS(=O)(=O)c2ccc(OC)c(CC(C)=O)c2)n(C)c(=O)n3C)c1. The van der Waals surface area contributed by atoms with Gasteiger partial charge in [-0.3, -0.25) is 18.7 Å². The molecule has 0 aliphatic heterocycles. The van der Waals surface area contributed by atoms with Crippen molar-refractivity contribution >= 4 is 32.5 Å².